The summed E-state index contributed by atoms with van der Waals surface area (Å²) < 4.78 is 0. The van der Waals surface area contributed by atoms with Crippen molar-refractivity contribution in [1.29, 1.82) is 5.26 Å². The first-order chi connectivity index (χ1) is 12.1. The first-order valence-corrected chi connectivity index (χ1v) is 8.23. The fraction of sp³-hybridized carbons (Fsp3) is 0.222. The van der Waals surface area contributed by atoms with E-state index in [4.69, 9.17) is 16.9 Å². The Bertz CT molecular complexity index is 870. The van der Waals surface area contributed by atoms with E-state index in [1.54, 1.807) is 29.2 Å². The summed E-state index contributed by atoms with van der Waals surface area (Å²) in [4.78, 5) is 30.7. The van der Waals surface area contributed by atoms with Gasteiger partial charge in [-0.05, 0) is 43.2 Å². The van der Waals surface area contributed by atoms with Gasteiger partial charge in [0, 0.05) is 18.8 Å². The number of rotatable bonds is 3. The van der Waals surface area contributed by atoms with Crippen LogP contribution in [0, 0.1) is 11.3 Å². The predicted octanol–water partition coefficient (Wildman–Crippen LogP) is 3.09. The molecule has 6 nitrogen and oxygen atoms in total. The molecule has 1 aliphatic rings. The van der Waals surface area contributed by atoms with Crippen molar-refractivity contribution < 1.29 is 9.59 Å². The van der Waals surface area contributed by atoms with Gasteiger partial charge < -0.3 is 10.2 Å². The Balaban J connectivity index is 1.76. The van der Waals surface area contributed by atoms with Crippen LogP contribution in [0.2, 0.25) is 5.02 Å². The molecule has 1 N–H and O–H groups in total. The molecule has 0 bridgehead atoms. The van der Waals surface area contributed by atoms with Gasteiger partial charge in [0.25, 0.3) is 11.8 Å². The number of amides is 2. The zero-order valence-corrected chi connectivity index (χ0v) is 14.1. The lowest BCUT2D eigenvalue weighted by Gasteiger charge is -2.14. The summed E-state index contributed by atoms with van der Waals surface area (Å²) in [5.74, 6) is -0.606. The van der Waals surface area contributed by atoms with E-state index in [2.05, 4.69) is 10.3 Å². The summed E-state index contributed by atoms with van der Waals surface area (Å²) in [6, 6.07) is 11.3. The third kappa shape index (κ3) is 3.78. The van der Waals surface area contributed by atoms with Crippen LogP contribution in [0.1, 0.15) is 39.4 Å². The van der Waals surface area contributed by atoms with Gasteiger partial charge in [-0.15, -0.1) is 0 Å². The maximum absolute atomic E-state index is 12.4. The summed E-state index contributed by atoms with van der Waals surface area (Å²) in [6.45, 7) is 1.45. The highest BCUT2D eigenvalue weighted by Crippen LogP contribution is 2.20. The zero-order chi connectivity index (χ0) is 17.8. The van der Waals surface area contributed by atoms with E-state index in [1.807, 2.05) is 6.07 Å². The summed E-state index contributed by atoms with van der Waals surface area (Å²) >= 11 is 5.96. The van der Waals surface area contributed by atoms with Crippen LogP contribution in [0.3, 0.4) is 0 Å². The molecule has 1 fully saturated rings. The van der Waals surface area contributed by atoms with Crippen LogP contribution in [0.25, 0.3) is 0 Å². The molecule has 0 spiro atoms. The molecule has 3 rings (SSSR count). The van der Waals surface area contributed by atoms with Crippen molar-refractivity contribution in [3.63, 3.8) is 0 Å². The number of nitrogens with one attached hydrogen (secondary N) is 1. The number of aromatic nitrogens is 1. The number of nitriles is 1. The molecule has 1 aromatic heterocycles. The Hall–Kier alpha value is -2.91. The number of pyridine rings is 1. The SMILES string of the molecule is N#Cc1ccc(NC(=O)c2cccc(C(=O)N3CCCC3)n2)cc1Cl. The van der Waals surface area contributed by atoms with Crippen LogP contribution in [0.4, 0.5) is 5.69 Å². The van der Waals surface area contributed by atoms with Crippen molar-refractivity contribution in [1.82, 2.24) is 9.88 Å². The van der Waals surface area contributed by atoms with Gasteiger partial charge in [-0.1, -0.05) is 17.7 Å². The number of carbonyl (C=O) groups excluding carboxylic acids is 2. The summed E-state index contributed by atoms with van der Waals surface area (Å²) in [7, 11) is 0. The smallest absolute Gasteiger partial charge is 0.274 e. The lowest BCUT2D eigenvalue weighted by molar-refractivity contribution is 0.0787. The second kappa shape index (κ2) is 7.32. The molecule has 1 saturated heterocycles. The molecule has 0 unspecified atom stereocenters. The van der Waals surface area contributed by atoms with E-state index in [-0.39, 0.29) is 22.3 Å². The molecule has 7 heteroatoms. The third-order valence-electron chi connectivity index (χ3n) is 3.94. The molecule has 2 amide bonds. The maximum Gasteiger partial charge on any atom is 0.274 e. The number of carbonyl (C=O) groups is 2. The van der Waals surface area contributed by atoms with Gasteiger partial charge in [0.1, 0.15) is 17.5 Å². The van der Waals surface area contributed by atoms with Gasteiger partial charge in [0.15, 0.2) is 0 Å². The minimum Gasteiger partial charge on any atom is -0.337 e. The standard InChI is InChI=1S/C18H15ClN4O2/c19-14-10-13(7-6-12(14)11-20)21-17(24)15-4-3-5-16(22-15)18(25)23-8-1-2-9-23/h3-7,10H,1-2,8-9H2,(H,21,24). The van der Waals surface area contributed by atoms with Crippen LogP contribution < -0.4 is 5.32 Å². The van der Waals surface area contributed by atoms with E-state index in [0.717, 1.165) is 25.9 Å². The Morgan fingerprint density at radius 3 is 2.56 bits per heavy atom. The molecular formula is C18H15ClN4O2. The second-order valence-corrected chi connectivity index (χ2v) is 6.08. The van der Waals surface area contributed by atoms with Gasteiger partial charge >= 0.3 is 0 Å². The number of hydrogen-bond acceptors (Lipinski definition) is 4. The van der Waals surface area contributed by atoms with Crippen molar-refractivity contribution in [2.45, 2.75) is 12.8 Å². The molecule has 0 radical (unpaired) electrons. The van der Waals surface area contributed by atoms with Crippen molar-refractivity contribution in [3.05, 3.63) is 58.4 Å². The minimum absolute atomic E-state index is 0.144. The molecule has 2 heterocycles. The van der Waals surface area contributed by atoms with Gasteiger partial charge in [-0.2, -0.15) is 5.26 Å². The summed E-state index contributed by atoms with van der Waals surface area (Å²) in [5.41, 5.74) is 1.18. The van der Waals surface area contributed by atoms with E-state index in [1.165, 1.54) is 12.1 Å². The predicted molar refractivity (Wildman–Crippen MR) is 93.5 cm³/mol. The Labute approximate surface area is 150 Å². The summed E-state index contributed by atoms with van der Waals surface area (Å²) in [6.07, 6.45) is 1.98. The highest BCUT2D eigenvalue weighted by Gasteiger charge is 2.21. The topological polar surface area (TPSA) is 86.1 Å². The Kier molecular flexibility index (Phi) is 4.96. The molecule has 2 aromatic rings. The number of benzene rings is 1. The number of nitrogens with zero attached hydrogens (tertiary/aromatic N) is 3. The Morgan fingerprint density at radius 2 is 1.88 bits per heavy atom. The molecule has 25 heavy (non-hydrogen) atoms. The molecular weight excluding hydrogens is 340 g/mol. The largest absolute Gasteiger partial charge is 0.337 e. The average molecular weight is 355 g/mol. The van der Waals surface area contributed by atoms with Gasteiger partial charge in [0.2, 0.25) is 0 Å². The maximum atomic E-state index is 12.4. The monoisotopic (exact) mass is 354 g/mol. The third-order valence-corrected chi connectivity index (χ3v) is 4.25. The van der Waals surface area contributed by atoms with E-state index < -0.39 is 5.91 Å². The van der Waals surface area contributed by atoms with Crippen LogP contribution in [0.15, 0.2) is 36.4 Å². The normalized spacial score (nSPS) is 13.4. The van der Waals surface area contributed by atoms with Gasteiger partial charge in [-0.3, -0.25) is 9.59 Å². The molecule has 0 saturated carbocycles. The minimum atomic E-state index is -0.447. The molecule has 126 valence electrons. The zero-order valence-electron chi connectivity index (χ0n) is 13.3. The van der Waals surface area contributed by atoms with Crippen LogP contribution >= 0.6 is 11.6 Å². The average Bonchev–Trinajstić information content (AvgIpc) is 3.16. The highest BCUT2D eigenvalue weighted by molar-refractivity contribution is 6.32. The fourth-order valence-electron chi connectivity index (χ4n) is 2.64. The highest BCUT2D eigenvalue weighted by atomic mass is 35.5. The summed E-state index contributed by atoms with van der Waals surface area (Å²) in [5, 5.41) is 11.8. The second-order valence-electron chi connectivity index (χ2n) is 5.67. The molecule has 0 atom stereocenters. The Morgan fingerprint density at radius 1 is 1.16 bits per heavy atom. The van der Waals surface area contributed by atoms with E-state index in [9.17, 15) is 9.59 Å². The number of hydrogen-bond donors (Lipinski definition) is 1. The first kappa shape index (κ1) is 16.9. The van der Waals surface area contributed by atoms with Crippen LogP contribution in [-0.2, 0) is 0 Å². The number of anilines is 1. The number of likely N-dealkylation sites (tertiary alicyclic amines) is 1. The van der Waals surface area contributed by atoms with Crippen molar-refractivity contribution in [2.24, 2.45) is 0 Å². The van der Waals surface area contributed by atoms with Crippen LogP contribution in [0.5, 0.6) is 0 Å². The molecule has 1 aromatic carbocycles. The van der Waals surface area contributed by atoms with Gasteiger partial charge in [-0.25, -0.2) is 4.98 Å². The van der Waals surface area contributed by atoms with E-state index >= 15 is 0 Å². The fourth-order valence-corrected chi connectivity index (χ4v) is 2.86. The molecule has 0 aliphatic carbocycles. The van der Waals surface area contributed by atoms with Crippen molar-refractivity contribution in [3.8, 4) is 6.07 Å². The van der Waals surface area contributed by atoms with Crippen LogP contribution in [-0.4, -0.2) is 34.8 Å². The van der Waals surface area contributed by atoms with Crippen molar-refractivity contribution >= 4 is 29.1 Å². The number of halogens is 1. The first-order valence-electron chi connectivity index (χ1n) is 7.86. The van der Waals surface area contributed by atoms with Gasteiger partial charge in [0.05, 0.1) is 10.6 Å². The lowest BCUT2D eigenvalue weighted by atomic mass is 10.2. The quantitative estimate of drug-likeness (QED) is 0.917. The van der Waals surface area contributed by atoms with E-state index in [0.29, 0.717) is 11.3 Å². The molecule has 1 aliphatic heterocycles. The van der Waals surface area contributed by atoms with Crippen molar-refractivity contribution in [2.75, 3.05) is 18.4 Å². The lowest BCUT2D eigenvalue weighted by Crippen LogP contribution is -2.29.